The molecule has 0 saturated carbocycles. The van der Waals surface area contributed by atoms with Crippen LogP contribution in [0, 0.1) is 0 Å². The fraction of sp³-hybridized carbons (Fsp3) is 0.462. The van der Waals surface area contributed by atoms with Crippen molar-refractivity contribution in [3.63, 3.8) is 0 Å². The first-order valence-corrected chi connectivity index (χ1v) is 6.73. The summed E-state index contributed by atoms with van der Waals surface area (Å²) in [5.74, 6) is 0. The third-order valence-electron chi connectivity index (χ3n) is 3.01. The minimum Gasteiger partial charge on any atom is -0.386 e. The molecular weight excluding hydrogens is 264 g/mol. The minimum absolute atomic E-state index is 0.387. The number of halogens is 1. The van der Waals surface area contributed by atoms with E-state index in [0.717, 1.165) is 24.4 Å². The van der Waals surface area contributed by atoms with Crippen molar-refractivity contribution in [2.24, 2.45) is 0 Å². The average molecular weight is 281 g/mol. The van der Waals surface area contributed by atoms with Gasteiger partial charge in [0.25, 0.3) is 0 Å². The van der Waals surface area contributed by atoms with Gasteiger partial charge in [0.15, 0.2) is 0 Å². The molecule has 102 valence electrons. The maximum absolute atomic E-state index is 10.2. The van der Waals surface area contributed by atoms with Crippen molar-refractivity contribution < 1.29 is 5.11 Å². The smallest absolute Gasteiger partial charge is 0.103 e. The van der Waals surface area contributed by atoms with E-state index < -0.39 is 6.10 Å². The number of aryl methyl sites for hydroxylation is 2. The van der Waals surface area contributed by atoms with Gasteiger partial charge in [-0.2, -0.15) is 5.10 Å². The molecule has 0 aliphatic heterocycles. The summed E-state index contributed by atoms with van der Waals surface area (Å²) in [5.41, 5.74) is 2.25. The lowest BCUT2D eigenvalue weighted by Gasteiger charge is -2.11. The summed E-state index contributed by atoms with van der Waals surface area (Å²) in [5, 5.41) is 15.3. The molecule has 0 fully saturated rings. The summed E-state index contributed by atoms with van der Waals surface area (Å²) in [7, 11) is 0. The minimum atomic E-state index is -0.724. The molecule has 0 saturated heterocycles. The van der Waals surface area contributed by atoms with Gasteiger partial charge in [-0.3, -0.25) is 14.6 Å². The van der Waals surface area contributed by atoms with Gasteiger partial charge in [0, 0.05) is 25.4 Å². The zero-order valence-electron chi connectivity index (χ0n) is 11.0. The van der Waals surface area contributed by atoms with Crippen LogP contribution < -0.4 is 0 Å². The van der Waals surface area contributed by atoms with Crippen molar-refractivity contribution in [3.8, 4) is 0 Å². The molecule has 6 heteroatoms. The largest absolute Gasteiger partial charge is 0.386 e. The molecular formula is C13H17ClN4O. The zero-order valence-corrected chi connectivity index (χ0v) is 11.8. The van der Waals surface area contributed by atoms with E-state index in [9.17, 15) is 5.11 Å². The van der Waals surface area contributed by atoms with Crippen LogP contribution >= 0.6 is 11.6 Å². The molecule has 1 unspecified atom stereocenters. The van der Waals surface area contributed by atoms with Gasteiger partial charge in [-0.1, -0.05) is 18.5 Å². The Morgan fingerprint density at radius 1 is 1.37 bits per heavy atom. The first kappa shape index (κ1) is 14.0. The van der Waals surface area contributed by atoms with Crippen molar-refractivity contribution in [3.05, 3.63) is 40.7 Å². The number of aliphatic hydroxyl groups excluding tert-OH is 1. The number of aromatic nitrogens is 4. The lowest BCUT2D eigenvalue weighted by Crippen LogP contribution is -2.10. The Bertz CT molecular complexity index is 541. The highest BCUT2D eigenvalue weighted by Gasteiger charge is 2.19. The third kappa shape index (κ3) is 2.93. The Labute approximate surface area is 117 Å². The quantitative estimate of drug-likeness (QED) is 0.912. The molecule has 5 nitrogen and oxygen atoms in total. The SMILES string of the molecule is CCc1nn(CC)c(CC(O)c2cnccn2)c1Cl. The molecule has 2 aromatic heterocycles. The summed E-state index contributed by atoms with van der Waals surface area (Å²) < 4.78 is 1.83. The number of aliphatic hydroxyl groups is 1. The summed E-state index contributed by atoms with van der Waals surface area (Å²) in [6, 6.07) is 0. The van der Waals surface area contributed by atoms with Crippen molar-refractivity contribution in [1.29, 1.82) is 0 Å². The molecule has 1 atom stereocenters. The van der Waals surface area contributed by atoms with E-state index in [4.69, 9.17) is 11.6 Å². The predicted molar refractivity (Wildman–Crippen MR) is 73.0 cm³/mol. The highest BCUT2D eigenvalue weighted by molar-refractivity contribution is 6.31. The maximum Gasteiger partial charge on any atom is 0.103 e. The second-order valence-corrected chi connectivity index (χ2v) is 4.60. The molecule has 19 heavy (non-hydrogen) atoms. The van der Waals surface area contributed by atoms with Crippen molar-refractivity contribution in [2.45, 2.75) is 39.3 Å². The molecule has 0 aliphatic rings. The van der Waals surface area contributed by atoms with Crippen molar-refractivity contribution in [1.82, 2.24) is 19.7 Å². The Hall–Kier alpha value is -1.46. The molecule has 2 aromatic rings. The van der Waals surface area contributed by atoms with Crippen LogP contribution in [0.5, 0.6) is 0 Å². The first-order valence-electron chi connectivity index (χ1n) is 6.35. The Balaban J connectivity index is 2.26. The number of hydrogen-bond acceptors (Lipinski definition) is 4. The van der Waals surface area contributed by atoms with Crippen LogP contribution in [0.4, 0.5) is 0 Å². The van der Waals surface area contributed by atoms with E-state index in [1.807, 2.05) is 18.5 Å². The average Bonchev–Trinajstić information content (AvgIpc) is 2.76. The van der Waals surface area contributed by atoms with Gasteiger partial charge in [-0.15, -0.1) is 0 Å². The fourth-order valence-electron chi connectivity index (χ4n) is 1.98. The number of nitrogens with zero attached hydrogens (tertiary/aromatic N) is 4. The molecule has 2 rings (SSSR count). The molecule has 0 bridgehead atoms. The molecule has 1 N–H and O–H groups in total. The lowest BCUT2D eigenvalue weighted by atomic mass is 10.1. The van der Waals surface area contributed by atoms with Crippen LogP contribution in [0.1, 0.15) is 37.0 Å². The van der Waals surface area contributed by atoms with Gasteiger partial charge >= 0.3 is 0 Å². The normalized spacial score (nSPS) is 12.6. The fourth-order valence-corrected chi connectivity index (χ4v) is 2.33. The molecule has 0 spiro atoms. The van der Waals surface area contributed by atoms with E-state index in [-0.39, 0.29) is 0 Å². The first-order chi connectivity index (χ1) is 9.17. The maximum atomic E-state index is 10.2. The van der Waals surface area contributed by atoms with Crippen molar-refractivity contribution in [2.75, 3.05) is 0 Å². The van der Waals surface area contributed by atoms with Crippen molar-refractivity contribution >= 4 is 11.6 Å². The Morgan fingerprint density at radius 2 is 2.16 bits per heavy atom. The van der Waals surface area contributed by atoms with Gasteiger partial charge in [0.05, 0.1) is 28.3 Å². The van der Waals surface area contributed by atoms with Crippen LogP contribution in [-0.4, -0.2) is 24.9 Å². The molecule has 0 amide bonds. The van der Waals surface area contributed by atoms with Gasteiger partial charge in [0.1, 0.15) is 6.10 Å². The van der Waals surface area contributed by atoms with Crippen LogP contribution in [0.15, 0.2) is 18.6 Å². The highest BCUT2D eigenvalue weighted by atomic mass is 35.5. The number of hydrogen-bond donors (Lipinski definition) is 1. The third-order valence-corrected chi connectivity index (χ3v) is 3.44. The van der Waals surface area contributed by atoms with Gasteiger partial charge in [0.2, 0.25) is 0 Å². The second-order valence-electron chi connectivity index (χ2n) is 4.23. The van der Waals surface area contributed by atoms with Crippen LogP contribution in [0.2, 0.25) is 5.02 Å². The van der Waals surface area contributed by atoms with E-state index in [0.29, 0.717) is 17.1 Å². The molecule has 0 radical (unpaired) electrons. The van der Waals surface area contributed by atoms with Crippen LogP contribution in [0.25, 0.3) is 0 Å². The lowest BCUT2D eigenvalue weighted by molar-refractivity contribution is 0.170. The summed E-state index contributed by atoms with van der Waals surface area (Å²) in [6.07, 6.45) is 5.14. The monoisotopic (exact) mass is 280 g/mol. The van der Waals surface area contributed by atoms with Gasteiger partial charge in [-0.25, -0.2) is 0 Å². The van der Waals surface area contributed by atoms with Gasteiger partial charge in [-0.05, 0) is 13.3 Å². The predicted octanol–water partition coefficient (Wildman–Crippen LogP) is 2.18. The van der Waals surface area contributed by atoms with E-state index in [1.54, 1.807) is 18.6 Å². The number of rotatable bonds is 5. The van der Waals surface area contributed by atoms with Gasteiger partial charge < -0.3 is 5.11 Å². The Kier molecular flexibility index (Phi) is 4.50. The van der Waals surface area contributed by atoms with E-state index >= 15 is 0 Å². The van der Waals surface area contributed by atoms with E-state index in [1.165, 1.54) is 0 Å². The topological polar surface area (TPSA) is 63.8 Å². The standard InChI is InChI=1S/C13H17ClN4O/c1-3-9-13(14)11(18(4-2)17-9)7-12(19)10-8-15-5-6-16-10/h5-6,8,12,19H,3-4,7H2,1-2H3. The molecule has 0 aliphatic carbocycles. The van der Waals surface area contributed by atoms with E-state index in [2.05, 4.69) is 15.1 Å². The van der Waals surface area contributed by atoms with Crippen LogP contribution in [0.3, 0.4) is 0 Å². The zero-order chi connectivity index (χ0) is 13.8. The molecule has 0 aromatic carbocycles. The summed E-state index contributed by atoms with van der Waals surface area (Å²) in [6.45, 7) is 4.74. The Morgan fingerprint density at radius 3 is 2.74 bits per heavy atom. The molecule has 2 heterocycles. The van der Waals surface area contributed by atoms with Crippen LogP contribution in [-0.2, 0) is 19.4 Å². The second kappa shape index (κ2) is 6.12. The summed E-state index contributed by atoms with van der Waals surface area (Å²) >= 11 is 6.31. The highest BCUT2D eigenvalue weighted by Crippen LogP contribution is 2.26. The summed E-state index contributed by atoms with van der Waals surface area (Å²) in [4.78, 5) is 8.06.